The molecule has 4 nitrogen and oxygen atoms in total. The molecule has 0 saturated carbocycles. The van der Waals surface area contributed by atoms with E-state index in [9.17, 15) is 0 Å². The summed E-state index contributed by atoms with van der Waals surface area (Å²) in [6, 6.07) is 73.1. The van der Waals surface area contributed by atoms with Crippen LogP contribution in [0.3, 0.4) is 0 Å². The number of nitrogens with zero attached hydrogens (tertiary/aromatic N) is 4. The fraction of sp³-hybridized carbons (Fsp3) is 0. The van der Waals surface area contributed by atoms with Gasteiger partial charge in [0.1, 0.15) is 0 Å². The fourth-order valence-electron chi connectivity index (χ4n) is 8.38. The Morgan fingerprint density at radius 1 is 0.304 bits per heavy atom. The molecule has 0 atom stereocenters. The zero-order valence-corrected chi connectivity index (χ0v) is 30.4. The maximum absolute atomic E-state index is 5.18. The lowest BCUT2D eigenvalue weighted by Gasteiger charge is -2.13. The quantitative estimate of drug-likeness (QED) is 0.172. The van der Waals surface area contributed by atoms with E-state index < -0.39 is 0 Å². The van der Waals surface area contributed by atoms with Crippen molar-refractivity contribution in [2.24, 2.45) is 0 Å². The van der Waals surface area contributed by atoms with Crippen molar-refractivity contribution in [3.8, 4) is 56.4 Å². The number of para-hydroxylation sites is 2. The topological polar surface area (TPSA) is 35.6 Å². The van der Waals surface area contributed by atoms with Gasteiger partial charge in [-0.2, -0.15) is 0 Å². The average Bonchev–Trinajstić information content (AvgIpc) is 3.80. The van der Waals surface area contributed by atoms with Crippen LogP contribution < -0.4 is 0 Å². The van der Waals surface area contributed by atoms with Crippen molar-refractivity contribution in [1.29, 1.82) is 0 Å². The van der Waals surface area contributed by atoms with Crippen molar-refractivity contribution in [1.82, 2.24) is 19.1 Å². The van der Waals surface area contributed by atoms with E-state index in [0.717, 1.165) is 50.5 Å². The number of hydrogen-bond acceptors (Lipinski definition) is 2. The number of rotatable bonds is 6. The second-order valence-corrected chi connectivity index (χ2v) is 14.2. The van der Waals surface area contributed by atoms with Gasteiger partial charge in [0.05, 0.1) is 33.5 Å². The maximum Gasteiger partial charge on any atom is 0.160 e. The lowest BCUT2D eigenvalue weighted by molar-refractivity contribution is 1.16. The van der Waals surface area contributed by atoms with Crippen molar-refractivity contribution >= 4 is 43.6 Å². The number of aromatic nitrogens is 4. The van der Waals surface area contributed by atoms with Crippen LogP contribution in [0.15, 0.2) is 206 Å². The Hall–Kier alpha value is -7.56. The average molecular weight is 715 g/mol. The lowest BCUT2D eigenvalue weighted by atomic mass is 10.1. The Morgan fingerprint density at radius 3 is 1.46 bits per heavy atom. The molecule has 0 aliphatic carbocycles. The molecule has 3 aromatic heterocycles. The standard InChI is InChI=1S/C52H34N4/c1-4-16-35(17-5-1)38-22-14-24-40(32-38)55-48-29-13-11-27-44(48)50-49(55)31-30-43-42-26-10-12-28-47(42)56(51(43)50)41-25-15-23-39(33-41)52-53-45(36-18-6-2-7-19-36)34-46(54-52)37-20-8-3-9-21-37/h1-34H. The summed E-state index contributed by atoms with van der Waals surface area (Å²) in [5, 5.41) is 4.86. The Morgan fingerprint density at radius 2 is 0.804 bits per heavy atom. The van der Waals surface area contributed by atoms with Crippen LogP contribution in [0.25, 0.3) is 100 Å². The molecule has 0 aliphatic rings. The summed E-state index contributed by atoms with van der Waals surface area (Å²) in [4.78, 5) is 10.4. The fourth-order valence-corrected chi connectivity index (χ4v) is 8.38. The molecule has 0 spiro atoms. The van der Waals surface area contributed by atoms with E-state index in [1.165, 1.54) is 43.7 Å². The van der Waals surface area contributed by atoms with Crippen LogP contribution in [-0.2, 0) is 0 Å². The summed E-state index contributed by atoms with van der Waals surface area (Å²) in [7, 11) is 0. The van der Waals surface area contributed by atoms with E-state index in [1.807, 2.05) is 12.1 Å². The van der Waals surface area contributed by atoms with E-state index in [2.05, 4.69) is 203 Å². The van der Waals surface area contributed by atoms with Gasteiger partial charge in [0.25, 0.3) is 0 Å². The summed E-state index contributed by atoms with van der Waals surface area (Å²) in [5.74, 6) is 0.688. The van der Waals surface area contributed by atoms with E-state index in [4.69, 9.17) is 9.97 Å². The van der Waals surface area contributed by atoms with Crippen LogP contribution in [0, 0.1) is 0 Å². The van der Waals surface area contributed by atoms with E-state index >= 15 is 0 Å². The third kappa shape index (κ3) is 5.23. The predicted octanol–water partition coefficient (Wildman–Crippen LogP) is 13.3. The Balaban J connectivity index is 1.16. The molecule has 0 unspecified atom stereocenters. The van der Waals surface area contributed by atoms with Gasteiger partial charge in [0.2, 0.25) is 0 Å². The van der Waals surface area contributed by atoms with E-state index in [-0.39, 0.29) is 0 Å². The summed E-state index contributed by atoms with van der Waals surface area (Å²) in [6.07, 6.45) is 0. The largest absolute Gasteiger partial charge is 0.309 e. The first-order valence-corrected chi connectivity index (χ1v) is 19.0. The Labute approximate surface area is 324 Å². The highest BCUT2D eigenvalue weighted by Gasteiger charge is 2.21. The molecule has 0 N–H and O–H groups in total. The zero-order valence-electron chi connectivity index (χ0n) is 30.4. The van der Waals surface area contributed by atoms with Crippen LogP contribution in [0.5, 0.6) is 0 Å². The van der Waals surface area contributed by atoms with Gasteiger partial charge in [-0.25, -0.2) is 9.97 Å². The van der Waals surface area contributed by atoms with Gasteiger partial charge in [-0.05, 0) is 59.7 Å². The lowest BCUT2D eigenvalue weighted by Crippen LogP contribution is -1.98. The predicted molar refractivity (Wildman–Crippen MR) is 232 cm³/mol. The molecule has 4 heteroatoms. The minimum Gasteiger partial charge on any atom is -0.309 e. The van der Waals surface area contributed by atoms with Gasteiger partial charge in [0.15, 0.2) is 5.82 Å². The smallest absolute Gasteiger partial charge is 0.160 e. The molecule has 8 aromatic carbocycles. The molecule has 56 heavy (non-hydrogen) atoms. The van der Waals surface area contributed by atoms with Crippen LogP contribution >= 0.6 is 0 Å². The normalized spacial score (nSPS) is 11.6. The minimum absolute atomic E-state index is 0.688. The molecule has 0 aliphatic heterocycles. The van der Waals surface area contributed by atoms with Crippen LogP contribution in [0.2, 0.25) is 0 Å². The van der Waals surface area contributed by atoms with E-state index in [0.29, 0.717) is 5.82 Å². The van der Waals surface area contributed by atoms with Crippen LogP contribution in [0.4, 0.5) is 0 Å². The molecular weight excluding hydrogens is 681 g/mol. The van der Waals surface area contributed by atoms with Crippen molar-refractivity contribution < 1.29 is 0 Å². The zero-order chi connectivity index (χ0) is 37.0. The Bertz CT molecular complexity index is 3170. The number of benzene rings is 8. The van der Waals surface area contributed by atoms with Gasteiger partial charge in [-0.3, -0.25) is 0 Å². The maximum atomic E-state index is 5.18. The number of fused-ring (bicyclic) bond motifs is 7. The molecule has 0 amide bonds. The summed E-state index contributed by atoms with van der Waals surface area (Å²) < 4.78 is 4.86. The summed E-state index contributed by atoms with van der Waals surface area (Å²) in [6.45, 7) is 0. The first kappa shape index (κ1) is 31.9. The van der Waals surface area contributed by atoms with Crippen molar-refractivity contribution in [2.75, 3.05) is 0 Å². The van der Waals surface area contributed by atoms with Crippen molar-refractivity contribution in [2.45, 2.75) is 0 Å². The second kappa shape index (κ2) is 13.1. The number of hydrogen-bond donors (Lipinski definition) is 0. The summed E-state index contributed by atoms with van der Waals surface area (Å²) >= 11 is 0. The highest BCUT2D eigenvalue weighted by molar-refractivity contribution is 6.26. The van der Waals surface area contributed by atoms with Crippen molar-refractivity contribution in [3.05, 3.63) is 206 Å². The van der Waals surface area contributed by atoms with Gasteiger partial charge in [0, 0.05) is 49.6 Å². The molecule has 262 valence electrons. The van der Waals surface area contributed by atoms with Gasteiger partial charge in [-0.1, -0.05) is 158 Å². The highest BCUT2D eigenvalue weighted by atomic mass is 15.0. The molecule has 11 aromatic rings. The molecule has 0 saturated heterocycles. The van der Waals surface area contributed by atoms with Crippen LogP contribution in [0.1, 0.15) is 0 Å². The Kier molecular flexibility index (Phi) is 7.46. The molecule has 0 fully saturated rings. The molecule has 0 bridgehead atoms. The van der Waals surface area contributed by atoms with E-state index in [1.54, 1.807) is 0 Å². The first-order chi connectivity index (χ1) is 27.8. The van der Waals surface area contributed by atoms with Crippen LogP contribution in [-0.4, -0.2) is 19.1 Å². The molecular formula is C52H34N4. The second-order valence-electron chi connectivity index (χ2n) is 14.2. The summed E-state index contributed by atoms with van der Waals surface area (Å²) in [5.41, 5.74) is 14.1. The molecule has 0 radical (unpaired) electrons. The third-order valence-corrected chi connectivity index (χ3v) is 10.9. The first-order valence-electron chi connectivity index (χ1n) is 19.0. The molecule has 3 heterocycles. The molecule has 11 rings (SSSR count). The van der Waals surface area contributed by atoms with Gasteiger partial charge >= 0.3 is 0 Å². The monoisotopic (exact) mass is 714 g/mol. The SMILES string of the molecule is c1ccc(-c2cccc(-n3c4ccccc4c4c3ccc3c5ccccc5n(-c5cccc(-c6nc(-c7ccccc7)cc(-c7ccccc7)n6)c5)c34)c2)cc1. The minimum atomic E-state index is 0.688. The van der Waals surface area contributed by atoms with Gasteiger partial charge < -0.3 is 9.13 Å². The van der Waals surface area contributed by atoms with Gasteiger partial charge in [-0.15, -0.1) is 0 Å². The van der Waals surface area contributed by atoms with Crippen molar-refractivity contribution in [3.63, 3.8) is 0 Å². The third-order valence-electron chi connectivity index (χ3n) is 10.9. The highest BCUT2D eigenvalue weighted by Crippen LogP contribution is 2.42.